The van der Waals surface area contributed by atoms with Crippen LogP contribution < -0.4 is 4.74 Å². The molecule has 26 aromatic rings. The third kappa shape index (κ3) is 16.4. The van der Waals surface area contributed by atoms with Gasteiger partial charge in [0.15, 0.2) is 0 Å². The number of ether oxygens (including phenoxy) is 1. The lowest BCUT2D eigenvalue weighted by molar-refractivity contribution is 0.446. The molecule has 0 aliphatic heterocycles. The molecule has 0 heterocycles. The molecule has 0 atom stereocenters. The van der Waals surface area contributed by atoms with E-state index < -0.39 is 0 Å². The Kier molecular flexibility index (Phi) is 23.0. The zero-order chi connectivity index (χ0) is 96.4. The lowest BCUT2D eigenvalue weighted by Gasteiger charge is -2.25. The third-order valence-corrected chi connectivity index (χ3v) is 31.2. The zero-order valence-corrected chi connectivity index (χ0v) is 81.6. The Morgan fingerprint density at radius 3 is 1.04 bits per heavy atom. The molecule has 145 heavy (non-hydrogen) atoms. The van der Waals surface area contributed by atoms with Gasteiger partial charge in [0.25, 0.3) is 0 Å². The minimum Gasteiger partial charge on any atom is -0.456 e. The molecular formula is C144H106O. The van der Waals surface area contributed by atoms with Gasteiger partial charge in [0, 0.05) is 10.9 Å². The van der Waals surface area contributed by atoms with E-state index >= 15 is 0 Å². The Morgan fingerprint density at radius 1 is 0.186 bits per heavy atom. The van der Waals surface area contributed by atoms with E-state index in [1.165, 1.54) is 291 Å². The molecule has 0 saturated heterocycles. The van der Waals surface area contributed by atoms with Crippen LogP contribution in [0.2, 0.25) is 0 Å². The monoisotopic (exact) mass is 1850 g/mol. The molecular weight excluding hydrogens is 1750 g/mol. The molecule has 0 spiro atoms. The summed E-state index contributed by atoms with van der Waals surface area (Å²) in [5.74, 6) is 2.35. The molecule has 1 saturated carbocycles. The zero-order valence-electron chi connectivity index (χ0n) is 81.6. The van der Waals surface area contributed by atoms with Crippen molar-refractivity contribution in [3.8, 4) is 134 Å². The Bertz CT molecular complexity index is 9530. The second kappa shape index (κ2) is 37.9. The van der Waals surface area contributed by atoms with Gasteiger partial charge in [-0.05, 0) is 350 Å². The van der Waals surface area contributed by atoms with E-state index in [0.717, 1.165) is 40.9 Å². The highest BCUT2D eigenvalue weighted by atomic mass is 16.5. The van der Waals surface area contributed by atoms with E-state index in [-0.39, 0.29) is 0 Å². The van der Waals surface area contributed by atoms with Gasteiger partial charge in [-0.2, -0.15) is 0 Å². The topological polar surface area (TPSA) is 9.23 Å². The Hall–Kier alpha value is -17.4. The Labute approximate surface area is 847 Å². The lowest BCUT2D eigenvalue weighted by atomic mass is 9.80. The molecule has 0 N–H and O–H groups in total. The number of aryl methyl sites for hydroxylation is 2. The van der Waals surface area contributed by atoms with Crippen molar-refractivity contribution in [3.63, 3.8) is 0 Å². The summed E-state index contributed by atoms with van der Waals surface area (Å²) in [6, 6.07) is 181. The molecule has 1 fully saturated rings. The normalized spacial score (nSPS) is 12.4. The van der Waals surface area contributed by atoms with Gasteiger partial charge in [0.1, 0.15) is 11.5 Å². The summed E-state index contributed by atoms with van der Waals surface area (Å²) in [6.45, 7) is 4.58. The number of benzene rings is 26. The molecule has 0 bridgehead atoms. The van der Waals surface area contributed by atoms with Gasteiger partial charge >= 0.3 is 0 Å². The number of rotatable bonds is 16. The average molecular weight is 1850 g/mol. The molecule has 688 valence electrons. The predicted octanol–water partition coefficient (Wildman–Crippen LogP) is 41.3. The van der Waals surface area contributed by atoms with Crippen LogP contribution in [0.1, 0.15) is 81.4 Å². The second-order valence-electron chi connectivity index (χ2n) is 39.8. The van der Waals surface area contributed by atoms with Crippen molar-refractivity contribution in [2.45, 2.75) is 77.6 Å². The average Bonchev–Trinajstić information content (AvgIpc) is 1.62. The maximum Gasteiger partial charge on any atom is 0.143 e. The van der Waals surface area contributed by atoms with Crippen LogP contribution in [0.3, 0.4) is 0 Å². The molecule has 0 aromatic heterocycles. The van der Waals surface area contributed by atoms with Crippen LogP contribution in [0.5, 0.6) is 11.5 Å². The van der Waals surface area contributed by atoms with Gasteiger partial charge in [-0.25, -0.2) is 0 Å². The summed E-state index contributed by atoms with van der Waals surface area (Å²) >= 11 is 0. The first-order valence-electron chi connectivity index (χ1n) is 51.9. The minimum atomic E-state index is 0.648. The summed E-state index contributed by atoms with van der Waals surface area (Å²) in [6.07, 6.45) is 11.3. The molecule has 0 radical (unpaired) electrons. The van der Waals surface area contributed by atoms with E-state index in [1.807, 2.05) is 30.3 Å². The van der Waals surface area contributed by atoms with Gasteiger partial charge in [-0.3, -0.25) is 0 Å². The maximum absolute atomic E-state index is 6.80. The van der Waals surface area contributed by atoms with E-state index in [2.05, 4.69) is 475 Å². The summed E-state index contributed by atoms with van der Waals surface area (Å²) in [5, 5.41) is 30.8. The van der Waals surface area contributed by atoms with Gasteiger partial charge in [-0.1, -0.05) is 477 Å². The molecule has 2 aliphatic rings. The maximum atomic E-state index is 6.80. The van der Waals surface area contributed by atoms with Gasteiger partial charge in [0.2, 0.25) is 0 Å². The van der Waals surface area contributed by atoms with E-state index in [9.17, 15) is 0 Å². The number of hydrogen-bond acceptors (Lipinski definition) is 1. The highest BCUT2D eigenvalue weighted by molar-refractivity contribution is 6.25. The van der Waals surface area contributed by atoms with Gasteiger partial charge in [0.05, 0.1) is 0 Å². The van der Waals surface area contributed by atoms with Crippen LogP contribution in [-0.2, 0) is 12.8 Å². The van der Waals surface area contributed by atoms with E-state index in [0.29, 0.717) is 5.92 Å². The number of fused-ring (bicyclic) bond motifs is 17. The number of para-hydroxylation sites is 1. The highest BCUT2D eigenvalue weighted by Crippen LogP contribution is 2.54. The standard InChI is InChI=1S/C50H38.C48H38.C46H30O/c1-2-12-36(13-3-1)47-31-49-44-19-9-8-18-43(44)48(32-50(49)42-17-7-6-16-41(42)47)45-20-10-15-37-26-28-40(30-46(37)45)35-23-21-34(22-24-35)39-27-25-33-11-4-5-14-38(33)29-39;1-3-9-34-29-46-44-16-8-15-43-42(25-26-45(48(43)44)47(46)30-35(34)10-4-2)41-14-7-13-39-28-38(23-24-40(39)41)33-19-17-32(18-20-33)37-22-21-31-11-5-6-12-36(31)27-37;1-2-14-38(15-3-1)47-46-44-19-9-7-17-41(44)40-16-6-8-18-43(40)45(46)42-20-10-13-37-30-36(27-28-39(37)42)33-23-21-32(22-24-33)35-26-25-31-11-4-5-12-34(31)29-35/h4-11,14-32,36H,1-3,12-13H2;5-8,11-30H,3-4,9-10H2,1-2H3;1-30H. The van der Waals surface area contributed by atoms with Crippen molar-refractivity contribution in [2.75, 3.05) is 0 Å². The van der Waals surface area contributed by atoms with Crippen LogP contribution in [-0.4, -0.2) is 0 Å². The first-order chi connectivity index (χ1) is 71.8. The fraction of sp³-hybridized carbons (Fsp3) is 0.0833. The van der Waals surface area contributed by atoms with Crippen LogP contribution in [0, 0.1) is 0 Å². The smallest absolute Gasteiger partial charge is 0.143 e. The molecule has 28 rings (SSSR count). The fourth-order valence-corrected chi connectivity index (χ4v) is 24.0. The van der Waals surface area contributed by atoms with Gasteiger partial charge < -0.3 is 4.74 Å². The molecule has 2 aliphatic carbocycles. The third-order valence-electron chi connectivity index (χ3n) is 31.2. The van der Waals surface area contributed by atoms with Gasteiger partial charge in [-0.15, -0.1) is 0 Å². The van der Waals surface area contributed by atoms with Crippen molar-refractivity contribution in [1.29, 1.82) is 0 Å². The van der Waals surface area contributed by atoms with E-state index in [4.69, 9.17) is 4.74 Å². The first kappa shape index (κ1) is 87.9. The molecule has 1 heteroatoms. The SMILES string of the molecule is CCCc1cc2c(cc1CCC)-c1ccc(-c3cccc4cc(-c5ccc(-c6ccc7ccccc7c6)cc5)ccc34)c3cccc-2c13.c1ccc(Oc2c(-c3cccc4cc(-c5ccc(-c6ccc7ccccc7c6)cc5)ccc34)c3ccccc3c3ccccc23)cc1.c1ccc2cc(-c3ccc(-c4ccc5cccc(-c6cc7c8ccccc8c(C8CCCCC8)cc7c7ccccc67)c5c4)cc3)ccc2c1. The minimum absolute atomic E-state index is 0.648. The molecule has 0 unspecified atom stereocenters. The lowest BCUT2D eigenvalue weighted by Crippen LogP contribution is -2.05. The van der Waals surface area contributed by atoms with Crippen LogP contribution >= 0.6 is 0 Å². The van der Waals surface area contributed by atoms with Crippen molar-refractivity contribution in [1.82, 2.24) is 0 Å². The van der Waals surface area contributed by atoms with Crippen LogP contribution in [0.15, 0.2) is 491 Å². The van der Waals surface area contributed by atoms with Crippen LogP contribution in [0.25, 0.3) is 252 Å². The second-order valence-corrected chi connectivity index (χ2v) is 39.8. The summed E-state index contributed by atoms with van der Waals surface area (Å²) < 4.78 is 6.80. The highest BCUT2D eigenvalue weighted by Gasteiger charge is 2.28. The Morgan fingerprint density at radius 2 is 0.524 bits per heavy atom. The Balaban J connectivity index is 0.000000111. The van der Waals surface area contributed by atoms with Crippen molar-refractivity contribution in [2.24, 2.45) is 0 Å². The molecule has 0 amide bonds. The molecule has 26 aromatic carbocycles. The summed E-state index contributed by atoms with van der Waals surface area (Å²) in [7, 11) is 0. The summed E-state index contributed by atoms with van der Waals surface area (Å²) in [5.41, 5.74) is 32.4. The van der Waals surface area contributed by atoms with Crippen molar-refractivity contribution in [3.05, 3.63) is 508 Å². The number of hydrogen-bond donors (Lipinski definition) is 0. The summed E-state index contributed by atoms with van der Waals surface area (Å²) in [4.78, 5) is 0. The van der Waals surface area contributed by atoms with Crippen molar-refractivity contribution >= 4 is 129 Å². The first-order valence-corrected chi connectivity index (χ1v) is 51.9. The predicted molar refractivity (Wildman–Crippen MR) is 623 cm³/mol. The fourth-order valence-electron chi connectivity index (χ4n) is 24.0. The van der Waals surface area contributed by atoms with E-state index in [1.54, 1.807) is 5.56 Å². The van der Waals surface area contributed by atoms with Crippen LogP contribution in [0.4, 0.5) is 0 Å². The largest absolute Gasteiger partial charge is 0.456 e. The molecule has 1 nitrogen and oxygen atoms in total. The van der Waals surface area contributed by atoms with Crippen molar-refractivity contribution < 1.29 is 4.74 Å². The quantitative estimate of drug-likeness (QED) is 0.0876.